The molecule has 0 unspecified atom stereocenters. The molecule has 138 valence electrons. The average Bonchev–Trinajstić information content (AvgIpc) is 3.19. The maximum absolute atomic E-state index is 12.5. The standard InChI is InChI=1S/C18H20BrN3O3S/c1-12-15(13(2)25-20-12)11-18(24)22-9-7-21(8-10-22)17(23)6-4-14-3-5-16(19)26-14/h3-6H,7-11H2,1-2H3/b6-4+. The van der Waals surface area contributed by atoms with Gasteiger partial charge in [0.2, 0.25) is 11.8 Å². The van der Waals surface area contributed by atoms with Crippen LogP contribution in [0.1, 0.15) is 21.9 Å². The number of carbonyl (C=O) groups is 2. The number of piperazine rings is 1. The van der Waals surface area contributed by atoms with Crippen molar-refractivity contribution in [2.45, 2.75) is 20.3 Å². The second-order valence-electron chi connectivity index (χ2n) is 6.16. The molecular formula is C18H20BrN3O3S. The Morgan fingerprint density at radius 2 is 1.92 bits per heavy atom. The number of rotatable bonds is 4. The summed E-state index contributed by atoms with van der Waals surface area (Å²) in [6.07, 6.45) is 3.72. The van der Waals surface area contributed by atoms with Crippen LogP contribution in [0.3, 0.4) is 0 Å². The van der Waals surface area contributed by atoms with E-state index in [1.165, 1.54) is 0 Å². The summed E-state index contributed by atoms with van der Waals surface area (Å²) in [6.45, 7) is 5.85. The van der Waals surface area contributed by atoms with Gasteiger partial charge in [-0.25, -0.2) is 0 Å². The van der Waals surface area contributed by atoms with Gasteiger partial charge in [-0.3, -0.25) is 9.59 Å². The second-order valence-corrected chi connectivity index (χ2v) is 8.66. The van der Waals surface area contributed by atoms with Crippen molar-refractivity contribution in [1.82, 2.24) is 15.0 Å². The lowest BCUT2D eigenvalue weighted by molar-refractivity contribution is -0.136. The van der Waals surface area contributed by atoms with Crippen LogP contribution in [-0.4, -0.2) is 52.9 Å². The Hall–Kier alpha value is -1.93. The molecule has 8 heteroatoms. The first-order valence-electron chi connectivity index (χ1n) is 8.36. The fourth-order valence-electron chi connectivity index (χ4n) is 2.87. The molecule has 2 aromatic heterocycles. The van der Waals surface area contributed by atoms with E-state index in [4.69, 9.17) is 4.52 Å². The van der Waals surface area contributed by atoms with E-state index in [1.807, 2.05) is 32.1 Å². The number of aryl methyl sites for hydroxylation is 2. The van der Waals surface area contributed by atoms with E-state index in [-0.39, 0.29) is 11.8 Å². The lowest BCUT2D eigenvalue weighted by atomic mass is 10.1. The first-order chi connectivity index (χ1) is 12.4. The van der Waals surface area contributed by atoms with Crippen LogP contribution < -0.4 is 0 Å². The highest BCUT2D eigenvalue weighted by molar-refractivity contribution is 9.11. The normalized spacial score (nSPS) is 15.0. The Morgan fingerprint density at radius 1 is 1.23 bits per heavy atom. The molecule has 0 atom stereocenters. The van der Waals surface area contributed by atoms with Gasteiger partial charge >= 0.3 is 0 Å². The zero-order chi connectivity index (χ0) is 18.7. The smallest absolute Gasteiger partial charge is 0.246 e. The Labute approximate surface area is 164 Å². The van der Waals surface area contributed by atoms with Crippen LogP contribution in [0.4, 0.5) is 0 Å². The summed E-state index contributed by atoms with van der Waals surface area (Å²) < 4.78 is 6.15. The molecule has 1 fully saturated rings. The number of hydrogen-bond acceptors (Lipinski definition) is 5. The minimum absolute atomic E-state index is 0.0210. The molecule has 2 amide bonds. The molecule has 0 aliphatic carbocycles. The zero-order valence-electron chi connectivity index (χ0n) is 14.7. The quantitative estimate of drug-likeness (QED) is 0.689. The first-order valence-corrected chi connectivity index (χ1v) is 9.97. The SMILES string of the molecule is Cc1noc(C)c1CC(=O)N1CCN(C(=O)/C=C/c2ccc(Br)s2)CC1. The first kappa shape index (κ1) is 18.8. The van der Waals surface area contributed by atoms with Crippen molar-refractivity contribution >= 4 is 45.2 Å². The molecule has 3 rings (SSSR count). The summed E-state index contributed by atoms with van der Waals surface area (Å²) in [4.78, 5) is 29.4. The third-order valence-corrected chi connectivity index (χ3v) is 6.03. The number of aromatic nitrogens is 1. The molecule has 0 N–H and O–H groups in total. The monoisotopic (exact) mass is 437 g/mol. The van der Waals surface area contributed by atoms with Crippen molar-refractivity contribution in [3.8, 4) is 0 Å². The number of nitrogens with zero attached hydrogens (tertiary/aromatic N) is 3. The Balaban J connectivity index is 1.51. The van der Waals surface area contributed by atoms with E-state index >= 15 is 0 Å². The third-order valence-electron chi connectivity index (χ3n) is 4.44. The number of thiophene rings is 1. The average molecular weight is 438 g/mol. The Bertz CT molecular complexity index is 815. The third kappa shape index (κ3) is 4.42. The van der Waals surface area contributed by atoms with Crippen LogP contribution in [-0.2, 0) is 16.0 Å². The number of amides is 2. The molecule has 1 saturated heterocycles. The molecule has 26 heavy (non-hydrogen) atoms. The van der Waals surface area contributed by atoms with Crippen molar-refractivity contribution in [2.75, 3.05) is 26.2 Å². The molecule has 0 radical (unpaired) electrons. The van der Waals surface area contributed by atoms with Gasteiger partial charge in [0, 0.05) is 42.7 Å². The molecule has 3 heterocycles. The molecule has 0 aromatic carbocycles. The minimum atomic E-state index is -0.0210. The predicted octanol–water partition coefficient (Wildman–Crippen LogP) is 3.04. The van der Waals surface area contributed by atoms with E-state index in [0.717, 1.165) is 19.9 Å². The molecule has 1 aliphatic rings. The Morgan fingerprint density at radius 3 is 2.50 bits per heavy atom. The second kappa shape index (κ2) is 8.18. The zero-order valence-corrected chi connectivity index (χ0v) is 17.1. The molecular weight excluding hydrogens is 418 g/mol. The maximum atomic E-state index is 12.5. The summed E-state index contributed by atoms with van der Waals surface area (Å²) in [6, 6.07) is 3.92. The van der Waals surface area contributed by atoms with Gasteiger partial charge < -0.3 is 14.3 Å². The van der Waals surface area contributed by atoms with Crippen LogP contribution in [0, 0.1) is 13.8 Å². The van der Waals surface area contributed by atoms with Crippen LogP contribution in [0.2, 0.25) is 0 Å². The van der Waals surface area contributed by atoms with Gasteiger partial charge in [0.1, 0.15) is 5.76 Å². The summed E-state index contributed by atoms with van der Waals surface area (Å²) in [5.74, 6) is 0.716. The van der Waals surface area contributed by atoms with Crippen LogP contribution >= 0.6 is 27.3 Å². The summed E-state index contributed by atoms with van der Waals surface area (Å²) in [5, 5.41) is 3.89. The molecule has 2 aromatic rings. The van der Waals surface area contributed by atoms with Gasteiger partial charge in [-0.05, 0) is 48.0 Å². The largest absolute Gasteiger partial charge is 0.361 e. The number of halogens is 1. The summed E-state index contributed by atoms with van der Waals surface area (Å²) >= 11 is 4.99. The van der Waals surface area contributed by atoms with E-state index in [9.17, 15) is 9.59 Å². The predicted molar refractivity (Wildman–Crippen MR) is 104 cm³/mol. The van der Waals surface area contributed by atoms with Gasteiger partial charge in [0.25, 0.3) is 0 Å². The highest BCUT2D eigenvalue weighted by atomic mass is 79.9. The molecule has 0 saturated carbocycles. The maximum Gasteiger partial charge on any atom is 0.246 e. The van der Waals surface area contributed by atoms with Crippen LogP contribution in [0.25, 0.3) is 6.08 Å². The van der Waals surface area contributed by atoms with Gasteiger partial charge in [-0.15, -0.1) is 11.3 Å². The van der Waals surface area contributed by atoms with Crippen molar-refractivity contribution in [2.24, 2.45) is 0 Å². The number of hydrogen-bond donors (Lipinski definition) is 0. The minimum Gasteiger partial charge on any atom is -0.361 e. The summed E-state index contributed by atoms with van der Waals surface area (Å²) in [7, 11) is 0. The molecule has 0 spiro atoms. The lowest BCUT2D eigenvalue weighted by Crippen LogP contribution is -2.50. The van der Waals surface area contributed by atoms with E-state index in [2.05, 4.69) is 21.1 Å². The lowest BCUT2D eigenvalue weighted by Gasteiger charge is -2.34. The highest BCUT2D eigenvalue weighted by Crippen LogP contribution is 2.23. The molecule has 0 bridgehead atoms. The van der Waals surface area contributed by atoms with Gasteiger partial charge in [0.15, 0.2) is 0 Å². The highest BCUT2D eigenvalue weighted by Gasteiger charge is 2.24. The van der Waals surface area contributed by atoms with E-state index in [1.54, 1.807) is 27.2 Å². The van der Waals surface area contributed by atoms with Gasteiger partial charge in [-0.1, -0.05) is 5.16 Å². The topological polar surface area (TPSA) is 66.7 Å². The van der Waals surface area contributed by atoms with Crippen molar-refractivity contribution in [3.63, 3.8) is 0 Å². The fraction of sp³-hybridized carbons (Fsp3) is 0.389. The van der Waals surface area contributed by atoms with Crippen LogP contribution in [0.15, 0.2) is 26.5 Å². The van der Waals surface area contributed by atoms with Gasteiger partial charge in [0.05, 0.1) is 15.9 Å². The molecule has 1 aliphatic heterocycles. The summed E-state index contributed by atoms with van der Waals surface area (Å²) in [5.41, 5.74) is 1.62. The van der Waals surface area contributed by atoms with Crippen LogP contribution in [0.5, 0.6) is 0 Å². The van der Waals surface area contributed by atoms with E-state index in [0.29, 0.717) is 38.4 Å². The van der Waals surface area contributed by atoms with Crippen molar-refractivity contribution < 1.29 is 14.1 Å². The van der Waals surface area contributed by atoms with Crippen molar-refractivity contribution in [3.05, 3.63) is 43.9 Å². The van der Waals surface area contributed by atoms with Crippen molar-refractivity contribution in [1.29, 1.82) is 0 Å². The van der Waals surface area contributed by atoms with Gasteiger partial charge in [-0.2, -0.15) is 0 Å². The fourth-order valence-corrected chi connectivity index (χ4v) is 4.20. The molecule has 6 nitrogen and oxygen atoms in total. The van der Waals surface area contributed by atoms with E-state index < -0.39 is 0 Å². The Kier molecular flexibility index (Phi) is 5.93. The number of carbonyl (C=O) groups excluding carboxylic acids is 2.